The molecule has 146 valence electrons. The summed E-state index contributed by atoms with van der Waals surface area (Å²) in [5, 5.41) is 3.10. The molecule has 0 aromatic heterocycles. The molecule has 0 saturated carbocycles. The van der Waals surface area contributed by atoms with Gasteiger partial charge >= 0.3 is 0 Å². The lowest BCUT2D eigenvalue weighted by atomic mass is 9.73. The smallest absolute Gasteiger partial charge is 0.252 e. The van der Waals surface area contributed by atoms with Gasteiger partial charge in [-0.3, -0.25) is 9.59 Å². The predicted molar refractivity (Wildman–Crippen MR) is 112 cm³/mol. The maximum absolute atomic E-state index is 13.6. The van der Waals surface area contributed by atoms with Crippen LogP contribution in [0.2, 0.25) is 0 Å². The molecule has 4 nitrogen and oxygen atoms in total. The van der Waals surface area contributed by atoms with E-state index in [1.807, 2.05) is 48.5 Å². The zero-order valence-corrected chi connectivity index (χ0v) is 16.4. The van der Waals surface area contributed by atoms with E-state index in [1.54, 1.807) is 31.4 Å². The van der Waals surface area contributed by atoms with Crippen LogP contribution in [-0.2, 0) is 12.8 Å². The topological polar surface area (TPSA) is 55.4 Å². The number of benzene rings is 3. The van der Waals surface area contributed by atoms with Crippen LogP contribution in [0.25, 0.3) is 0 Å². The summed E-state index contributed by atoms with van der Waals surface area (Å²) in [4.78, 5) is 26.7. The normalized spacial score (nSPS) is 17.8. The molecule has 0 heterocycles. The fourth-order valence-corrected chi connectivity index (χ4v) is 4.08. The van der Waals surface area contributed by atoms with E-state index >= 15 is 0 Å². The Morgan fingerprint density at radius 2 is 1.52 bits per heavy atom. The molecule has 4 heteroatoms. The number of hydrogen-bond acceptors (Lipinski definition) is 3. The molecule has 0 saturated heterocycles. The van der Waals surface area contributed by atoms with E-state index in [-0.39, 0.29) is 11.7 Å². The Morgan fingerprint density at radius 1 is 0.862 bits per heavy atom. The van der Waals surface area contributed by atoms with Crippen molar-refractivity contribution in [2.24, 2.45) is 0 Å². The molecule has 1 aliphatic rings. The SMILES string of the molecule is COc1cccc2c1C[C@@](NC(=O)c1ccccc1)(C(=O)c1ccccc1)CC2. The molecule has 0 bridgehead atoms. The van der Waals surface area contributed by atoms with Crippen LogP contribution in [0.5, 0.6) is 5.75 Å². The third kappa shape index (κ3) is 3.66. The average molecular weight is 385 g/mol. The van der Waals surface area contributed by atoms with E-state index in [4.69, 9.17) is 4.74 Å². The summed E-state index contributed by atoms with van der Waals surface area (Å²) < 4.78 is 5.56. The van der Waals surface area contributed by atoms with E-state index in [1.165, 1.54) is 0 Å². The summed E-state index contributed by atoms with van der Waals surface area (Å²) in [7, 11) is 1.63. The maximum Gasteiger partial charge on any atom is 0.252 e. The number of carbonyl (C=O) groups excluding carboxylic acids is 2. The van der Waals surface area contributed by atoms with Crippen molar-refractivity contribution in [2.75, 3.05) is 7.11 Å². The fourth-order valence-electron chi connectivity index (χ4n) is 4.08. The standard InChI is InChI=1S/C25H23NO3/c1-29-22-14-8-13-18-15-16-25(17-21(18)22,23(27)19-9-4-2-5-10-19)26-24(28)20-11-6-3-7-12-20/h2-14H,15-17H2,1H3,(H,26,28)/t25-/m1/s1. The second kappa shape index (κ2) is 7.92. The number of amides is 1. The van der Waals surface area contributed by atoms with Crippen molar-refractivity contribution in [3.63, 3.8) is 0 Å². The highest BCUT2D eigenvalue weighted by molar-refractivity contribution is 6.07. The summed E-state index contributed by atoms with van der Waals surface area (Å²) >= 11 is 0. The van der Waals surface area contributed by atoms with Gasteiger partial charge in [-0.1, -0.05) is 60.7 Å². The van der Waals surface area contributed by atoms with Gasteiger partial charge in [0.1, 0.15) is 11.3 Å². The molecule has 0 radical (unpaired) electrons. The molecule has 3 aromatic rings. The van der Waals surface area contributed by atoms with Gasteiger partial charge in [0.2, 0.25) is 0 Å². The Kier molecular flexibility index (Phi) is 5.17. The van der Waals surface area contributed by atoms with Gasteiger partial charge in [0.25, 0.3) is 5.91 Å². The summed E-state index contributed by atoms with van der Waals surface area (Å²) in [5.41, 5.74) is 2.27. The van der Waals surface area contributed by atoms with Crippen molar-refractivity contribution in [3.05, 3.63) is 101 Å². The molecule has 0 spiro atoms. The molecule has 1 amide bonds. The number of fused-ring (bicyclic) bond motifs is 1. The number of rotatable bonds is 5. The lowest BCUT2D eigenvalue weighted by molar-refractivity contribution is 0.0745. The Labute approximate surface area is 170 Å². The van der Waals surface area contributed by atoms with Crippen molar-refractivity contribution in [2.45, 2.75) is 24.8 Å². The number of methoxy groups -OCH3 is 1. The van der Waals surface area contributed by atoms with Crippen molar-refractivity contribution in [1.82, 2.24) is 5.32 Å². The van der Waals surface area contributed by atoms with Crippen LogP contribution in [0.1, 0.15) is 38.3 Å². The fraction of sp³-hybridized carbons (Fsp3) is 0.200. The van der Waals surface area contributed by atoms with Crippen LogP contribution in [0.3, 0.4) is 0 Å². The van der Waals surface area contributed by atoms with Crippen LogP contribution in [0, 0.1) is 0 Å². The Morgan fingerprint density at radius 3 is 2.17 bits per heavy atom. The Balaban J connectivity index is 1.76. The van der Waals surface area contributed by atoms with Gasteiger partial charge in [-0.2, -0.15) is 0 Å². The van der Waals surface area contributed by atoms with Gasteiger partial charge in [-0.25, -0.2) is 0 Å². The molecule has 4 rings (SSSR count). The van der Waals surface area contributed by atoms with Gasteiger partial charge in [-0.05, 0) is 36.6 Å². The van der Waals surface area contributed by atoms with Crippen LogP contribution < -0.4 is 10.1 Å². The summed E-state index contributed by atoms with van der Waals surface area (Å²) in [6, 6.07) is 24.1. The van der Waals surface area contributed by atoms with Crippen LogP contribution >= 0.6 is 0 Å². The third-order valence-corrected chi connectivity index (χ3v) is 5.61. The van der Waals surface area contributed by atoms with Gasteiger partial charge in [0.15, 0.2) is 5.78 Å². The molecular weight excluding hydrogens is 362 g/mol. The van der Waals surface area contributed by atoms with Crippen LogP contribution in [-0.4, -0.2) is 24.3 Å². The van der Waals surface area contributed by atoms with Gasteiger partial charge < -0.3 is 10.1 Å². The van der Waals surface area contributed by atoms with Crippen molar-refractivity contribution < 1.29 is 14.3 Å². The van der Waals surface area contributed by atoms with Crippen LogP contribution in [0.4, 0.5) is 0 Å². The Bertz CT molecular complexity index is 1020. The molecular formula is C25H23NO3. The van der Waals surface area contributed by atoms with E-state index in [2.05, 4.69) is 11.4 Å². The van der Waals surface area contributed by atoms with Crippen LogP contribution in [0.15, 0.2) is 78.9 Å². The highest BCUT2D eigenvalue weighted by Gasteiger charge is 2.43. The minimum atomic E-state index is -1.02. The first-order valence-electron chi connectivity index (χ1n) is 9.75. The summed E-state index contributed by atoms with van der Waals surface area (Å²) in [5.74, 6) is 0.438. The molecule has 29 heavy (non-hydrogen) atoms. The number of nitrogens with one attached hydrogen (secondary N) is 1. The minimum Gasteiger partial charge on any atom is -0.496 e. The highest BCUT2D eigenvalue weighted by Crippen LogP contribution is 2.36. The first-order valence-corrected chi connectivity index (χ1v) is 9.75. The number of ether oxygens (including phenoxy) is 1. The molecule has 0 unspecified atom stereocenters. The van der Waals surface area contributed by atoms with Crippen molar-refractivity contribution >= 4 is 11.7 Å². The van der Waals surface area contributed by atoms with Gasteiger partial charge in [-0.15, -0.1) is 0 Å². The lowest BCUT2D eigenvalue weighted by Gasteiger charge is -2.38. The quantitative estimate of drug-likeness (QED) is 0.669. The Hall–Kier alpha value is -3.40. The van der Waals surface area contributed by atoms with E-state index < -0.39 is 5.54 Å². The molecule has 1 N–H and O–H groups in total. The maximum atomic E-state index is 13.6. The van der Waals surface area contributed by atoms with E-state index in [0.717, 1.165) is 16.9 Å². The molecule has 0 aliphatic heterocycles. The number of carbonyl (C=O) groups is 2. The number of Topliss-reactive ketones (excluding diaryl/α,β-unsaturated/α-hetero) is 1. The van der Waals surface area contributed by atoms with E-state index in [9.17, 15) is 9.59 Å². The second-order valence-electron chi connectivity index (χ2n) is 7.37. The monoisotopic (exact) mass is 385 g/mol. The minimum absolute atomic E-state index is 0.0704. The summed E-state index contributed by atoms with van der Waals surface area (Å²) in [6.07, 6.45) is 1.64. The van der Waals surface area contributed by atoms with Gasteiger partial charge in [0, 0.05) is 23.1 Å². The molecule has 1 atom stereocenters. The summed E-state index contributed by atoms with van der Waals surface area (Å²) in [6.45, 7) is 0. The van der Waals surface area contributed by atoms with Gasteiger partial charge in [0.05, 0.1) is 7.11 Å². The average Bonchev–Trinajstić information content (AvgIpc) is 2.79. The number of aryl methyl sites for hydroxylation is 1. The highest BCUT2D eigenvalue weighted by atomic mass is 16.5. The zero-order valence-electron chi connectivity index (χ0n) is 16.4. The first-order chi connectivity index (χ1) is 14.1. The lowest BCUT2D eigenvalue weighted by Crippen LogP contribution is -2.57. The molecule has 3 aromatic carbocycles. The third-order valence-electron chi connectivity index (χ3n) is 5.61. The first kappa shape index (κ1) is 18.9. The second-order valence-corrected chi connectivity index (χ2v) is 7.37. The largest absolute Gasteiger partial charge is 0.496 e. The number of ketones is 1. The molecule has 1 aliphatic carbocycles. The molecule has 0 fully saturated rings. The predicted octanol–water partition coefficient (Wildman–Crippen LogP) is 4.24. The van der Waals surface area contributed by atoms with Crippen molar-refractivity contribution in [3.8, 4) is 5.75 Å². The number of hydrogen-bond donors (Lipinski definition) is 1. The van der Waals surface area contributed by atoms with E-state index in [0.29, 0.717) is 30.4 Å². The zero-order chi connectivity index (χ0) is 20.3. The van der Waals surface area contributed by atoms with Crippen molar-refractivity contribution in [1.29, 1.82) is 0 Å².